The number of benzene rings is 2. The van der Waals surface area contributed by atoms with Crippen molar-refractivity contribution in [1.29, 1.82) is 0 Å². The second kappa shape index (κ2) is 7.21. The lowest BCUT2D eigenvalue weighted by atomic mass is 10.1. The van der Waals surface area contributed by atoms with E-state index in [1.165, 1.54) is 49.4 Å². The van der Waals surface area contributed by atoms with Gasteiger partial charge in [-0.2, -0.15) is 13.2 Å². The largest absolute Gasteiger partial charge is 0.478 e. The van der Waals surface area contributed by atoms with E-state index in [9.17, 15) is 22.8 Å². The average molecular weight is 350 g/mol. The van der Waals surface area contributed by atoms with E-state index >= 15 is 0 Å². The van der Waals surface area contributed by atoms with Gasteiger partial charge >= 0.3 is 18.1 Å². The first-order valence-electron chi connectivity index (χ1n) is 7.08. The minimum absolute atomic E-state index is 0.111. The molecule has 0 atom stereocenters. The minimum atomic E-state index is -4.43. The predicted octanol–water partition coefficient (Wildman–Crippen LogP) is 4.41. The highest BCUT2D eigenvalue weighted by molar-refractivity contribution is 5.97. The van der Waals surface area contributed by atoms with Gasteiger partial charge < -0.3 is 9.84 Å². The Hall–Kier alpha value is -3.09. The van der Waals surface area contributed by atoms with Crippen molar-refractivity contribution >= 4 is 18.0 Å². The summed E-state index contributed by atoms with van der Waals surface area (Å²) >= 11 is 0. The van der Waals surface area contributed by atoms with Crippen LogP contribution in [0.25, 0.3) is 6.08 Å². The molecule has 0 aliphatic carbocycles. The monoisotopic (exact) mass is 350 g/mol. The van der Waals surface area contributed by atoms with Crippen molar-refractivity contribution in [3.63, 3.8) is 0 Å². The third-order valence-corrected chi connectivity index (χ3v) is 3.26. The van der Waals surface area contributed by atoms with Gasteiger partial charge in [0, 0.05) is 5.57 Å². The maximum absolute atomic E-state index is 12.5. The predicted molar refractivity (Wildman–Crippen MR) is 84.1 cm³/mol. The van der Waals surface area contributed by atoms with Crippen LogP contribution in [-0.4, -0.2) is 17.0 Å². The number of rotatable bonds is 4. The van der Waals surface area contributed by atoms with Crippen molar-refractivity contribution in [2.75, 3.05) is 0 Å². The maximum Gasteiger partial charge on any atom is 0.416 e. The van der Waals surface area contributed by atoms with Gasteiger partial charge in [0.15, 0.2) is 0 Å². The van der Waals surface area contributed by atoms with Gasteiger partial charge in [0.1, 0.15) is 11.3 Å². The fraction of sp³-hybridized carbons (Fsp3) is 0.111. The van der Waals surface area contributed by atoms with E-state index in [0.717, 1.165) is 12.1 Å². The van der Waals surface area contributed by atoms with Crippen molar-refractivity contribution in [3.8, 4) is 5.75 Å². The molecular weight excluding hydrogens is 337 g/mol. The van der Waals surface area contributed by atoms with Crippen LogP contribution >= 0.6 is 0 Å². The summed E-state index contributed by atoms with van der Waals surface area (Å²) < 4.78 is 42.6. The van der Waals surface area contributed by atoms with Crippen LogP contribution < -0.4 is 4.74 Å². The lowest BCUT2D eigenvalue weighted by Crippen LogP contribution is -2.12. The molecule has 0 unspecified atom stereocenters. The van der Waals surface area contributed by atoms with Gasteiger partial charge in [0.25, 0.3) is 0 Å². The molecule has 2 rings (SSSR count). The summed E-state index contributed by atoms with van der Waals surface area (Å²) in [6.07, 6.45) is -3.08. The molecule has 0 amide bonds. The quantitative estimate of drug-likeness (QED) is 0.504. The first-order chi connectivity index (χ1) is 11.7. The van der Waals surface area contributed by atoms with Gasteiger partial charge in [0.05, 0.1) is 5.56 Å². The zero-order valence-electron chi connectivity index (χ0n) is 13.0. The number of alkyl halides is 3. The van der Waals surface area contributed by atoms with Crippen LogP contribution in [0.15, 0.2) is 54.1 Å². The first-order valence-corrected chi connectivity index (χ1v) is 7.08. The SMILES string of the molecule is CC(=Cc1ccc(C(F)(F)F)cc1)C(=O)Oc1ccccc1C(=O)O. The normalized spacial score (nSPS) is 11.9. The molecule has 0 saturated heterocycles. The summed E-state index contributed by atoms with van der Waals surface area (Å²) in [6.45, 7) is 1.42. The zero-order chi connectivity index (χ0) is 18.6. The van der Waals surface area contributed by atoms with Crippen molar-refractivity contribution in [2.24, 2.45) is 0 Å². The van der Waals surface area contributed by atoms with E-state index in [-0.39, 0.29) is 16.9 Å². The van der Waals surface area contributed by atoms with Gasteiger partial charge in [-0.3, -0.25) is 0 Å². The molecule has 0 spiro atoms. The molecular formula is C18H13F3O4. The Bertz CT molecular complexity index is 821. The van der Waals surface area contributed by atoms with Crippen LogP contribution in [0, 0.1) is 0 Å². The molecule has 0 fully saturated rings. The molecule has 0 saturated carbocycles. The van der Waals surface area contributed by atoms with Crippen LogP contribution in [0.3, 0.4) is 0 Å². The number of carbonyl (C=O) groups excluding carboxylic acids is 1. The maximum atomic E-state index is 12.5. The van der Waals surface area contributed by atoms with Crippen molar-refractivity contribution < 1.29 is 32.6 Å². The minimum Gasteiger partial charge on any atom is -0.478 e. The number of para-hydroxylation sites is 1. The topological polar surface area (TPSA) is 63.6 Å². The zero-order valence-corrected chi connectivity index (χ0v) is 13.0. The van der Waals surface area contributed by atoms with Crippen LogP contribution in [0.4, 0.5) is 13.2 Å². The van der Waals surface area contributed by atoms with E-state index in [2.05, 4.69) is 0 Å². The lowest BCUT2D eigenvalue weighted by molar-refractivity contribution is -0.137. The molecule has 130 valence electrons. The van der Waals surface area contributed by atoms with Crippen LogP contribution in [0.5, 0.6) is 5.75 Å². The number of esters is 1. The lowest BCUT2D eigenvalue weighted by Gasteiger charge is -2.08. The summed E-state index contributed by atoms with van der Waals surface area (Å²) in [5.41, 5.74) is -0.465. The fourth-order valence-corrected chi connectivity index (χ4v) is 1.99. The van der Waals surface area contributed by atoms with Crippen molar-refractivity contribution in [1.82, 2.24) is 0 Å². The van der Waals surface area contributed by atoms with Gasteiger partial charge in [-0.25, -0.2) is 9.59 Å². The number of hydrogen-bond donors (Lipinski definition) is 1. The highest BCUT2D eigenvalue weighted by Gasteiger charge is 2.29. The summed E-state index contributed by atoms with van der Waals surface area (Å²) in [7, 11) is 0. The van der Waals surface area contributed by atoms with Crippen LogP contribution in [0.2, 0.25) is 0 Å². The van der Waals surface area contributed by atoms with E-state index in [1.54, 1.807) is 0 Å². The van der Waals surface area contributed by atoms with Gasteiger partial charge in [-0.05, 0) is 42.8 Å². The average Bonchev–Trinajstić information content (AvgIpc) is 2.54. The smallest absolute Gasteiger partial charge is 0.416 e. The Morgan fingerprint density at radius 2 is 1.64 bits per heavy atom. The van der Waals surface area contributed by atoms with E-state index in [1.807, 2.05) is 0 Å². The molecule has 0 aliphatic rings. The number of carboxylic acid groups (broad SMARTS) is 1. The van der Waals surface area contributed by atoms with Crippen LogP contribution in [0.1, 0.15) is 28.4 Å². The Morgan fingerprint density at radius 1 is 1.04 bits per heavy atom. The summed E-state index contributed by atoms with van der Waals surface area (Å²) in [5, 5.41) is 9.05. The molecule has 1 N–H and O–H groups in total. The molecule has 0 aromatic heterocycles. The molecule has 2 aromatic rings. The van der Waals surface area contributed by atoms with Gasteiger partial charge in [0.2, 0.25) is 0 Å². The summed E-state index contributed by atoms with van der Waals surface area (Å²) in [5.74, 6) is -2.15. The Morgan fingerprint density at radius 3 is 2.20 bits per heavy atom. The Labute approximate surface area is 141 Å². The van der Waals surface area contributed by atoms with E-state index in [0.29, 0.717) is 5.56 Å². The first kappa shape index (κ1) is 18.3. The van der Waals surface area contributed by atoms with Gasteiger partial charge in [-0.1, -0.05) is 24.3 Å². The van der Waals surface area contributed by atoms with Crippen molar-refractivity contribution in [2.45, 2.75) is 13.1 Å². The third kappa shape index (κ3) is 4.69. The molecule has 0 bridgehead atoms. The Kier molecular flexibility index (Phi) is 5.26. The molecule has 0 aliphatic heterocycles. The second-order valence-corrected chi connectivity index (χ2v) is 5.14. The number of carbonyl (C=O) groups is 2. The van der Waals surface area contributed by atoms with Crippen molar-refractivity contribution in [3.05, 3.63) is 70.8 Å². The second-order valence-electron chi connectivity index (χ2n) is 5.14. The molecule has 0 radical (unpaired) electrons. The molecule has 2 aromatic carbocycles. The van der Waals surface area contributed by atoms with E-state index < -0.39 is 23.7 Å². The standard InChI is InChI=1S/C18H13F3O4/c1-11(10-12-6-8-13(9-7-12)18(19,20)21)17(24)25-15-5-3-2-4-14(15)16(22)23/h2-10H,1H3,(H,22,23). The molecule has 0 heterocycles. The number of ether oxygens (including phenoxy) is 1. The third-order valence-electron chi connectivity index (χ3n) is 3.26. The molecule has 4 nitrogen and oxygen atoms in total. The Balaban J connectivity index is 2.17. The number of carboxylic acids is 1. The highest BCUT2D eigenvalue weighted by Crippen LogP contribution is 2.29. The van der Waals surface area contributed by atoms with Gasteiger partial charge in [-0.15, -0.1) is 0 Å². The highest BCUT2D eigenvalue weighted by atomic mass is 19.4. The van der Waals surface area contributed by atoms with E-state index in [4.69, 9.17) is 9.84 Å². The number of hydrogen-bond acceptors (Lipinski definition) is 3. The molecule has 7 heteroatoms. The van der Waals surface area contributed by atoms with Crippen LogP contribution in [-0.2, 0) is 11.0 Å². The number of aromatic carboxylic acids is 1. The molecule has 25 heavy (non-hydrogen) atoms. The number of halogens is 3. The fourth-order valence-electron chi connectivity index (χ4n) is 1.99. The summed E-state index contributed by atoms with van der Waals surface area (Å²) in [6, 6.07) is 9.91. The summed E-state index contributed by atoms with van der Waals surface area (Å²) in [4.78, 5) is 23.1.